The maximum Gasteiger partial charge on any atom is 0.262 e. The number of carbonyl (C=O) groups is 3. The quantitative estimate of drug-likeness (QED) is 0.710. The second kappa shape index (κ2) is 9.03. The Morgan fingerprint density at radius 1 is 0.929 bits per heavy atom. The van der Waals surface area contributed by atoms with Gasteiger partial charge in [0.05, 0.1) is 13.2 Å². The standard InChI is InChI=1S/C21H22N2O5/c1-2-27-17-7-9-18(10-8-17)28-14-19(24)22-16-5-3-15(4-6-16)13-23-20(25)11-12-21(23)26/h3-10H,2,11-14H2,1H3,(H,22,24). The number of nitrogens with one attached hydrogen (secondary N) is 1. The first-order chi connectivity index (χ1) is 13.5. The summed E-state index contributed by atoms with van der Waals surface area (Å²) in [6.07, 6.45) is 0.558. The number of carbonyl (C=O) groups excluding carboxylic acids is 3. The molecule has 0 spiro atoms. The summed E-state index contributed by atoms with van der Waals surface area (Å²) in [7, 11) is 0. The fourth-order valence-corrected chi connectivity index (χ4v) is 2.82. The molecule has 0 radical (unpaired) electrons. The van der Waals surface area contributed by atoms with Crippen molar-refractivity contribution in [3.05, 3.63) is 54.1 Å². The Balaban J connectivity index is 1.47. The van der Waals surface area contributed by atoms with Crippen molar-refractivity contribution in [2.75, 3.05) is 18.5 Å². The van der Waals surface area contributed by atoms with E-state index in [4.69, 9.17) is 9.47 Å². The molecule has 1 N–H and O–H groups in total. The number of imide groups is 1. The molecular weight excluding hydrogens is 360 g/mol. The van der Waals surface area contributed by atoms with Crippen LogP contribution in [-0.2, 0) is 20.9 Å². The molecule has 2 aromatic rings. The van der Waals surface area contributed by atoms with E-state index in [-0.39, 0.29) is 43.7 Å². The summed E-state index contributed by atoms with van der Waals surface area (Å²) in [5, 5.41) is 2.75. The second-order valence-corrected chi connectivity index (χ2v) is 6.31. The van der Waals surface area contributed by atoms with Crippen LogP contribution < -0.4 is 14.8 Å². The number of nitrogens with zero attached hydrogens (tertiary/aromatic N) is 1. The van der Waals surface area contributed by atoms with Gasteiger partial charge in [0.15, 0.2) is 6.61 Å². The van der Waals surface area contributed by atoms with Gasteiger partial charge in [-0.2, -0.15) is 0 Å². The van der Waals surface area contributed by atoms with E-state index in [1.807, 2.05) is 6.92 Å². The van der Waals surface area contributed by atoms with E-state index in [0.29, 0.717) is 18.0 Å². The molecule has 146 valence electrons. The highest BCUT2D eigenvalue weighted by molar-refractivity contribution is 6.01. The lowest BCUT2D eigenvalue weighted by Gasteiger charge is -2.14. The van der Waals surface area contributed by atoms with Gasteiger partial charge in [-0.25, -0.2) is 0 Å². The lowest BCUT2D eigenvalue weighted by Crippen LogP contribution is -2.28. The predicted octanol–water partition coefficient (Wildman–Crippen LogP) is 2.75. The number of benzene rings is 2. The molecule has 0 aromatic heterocycles. The van der Waals surface area contributed by atoms with Crippen molar-refractivity contribution in [2.45, 2.75) is 26.3 Å². The van der Waals surface area contributed by atoms with Gasteiger partial charge in [0, 0.05) is 18.5 Å². The lowest BCUT2D eigenvalue weighted by molar-refractivity contribution is -0.139. The normalized spacial score (nSPS) is 13.5. The zero-order valence-corrected chi connectivity index (χ0v) is 15.6. The second-order valence-electron chi connectivity index (χ2n) is 6.31. The number of likely N-dealkylation sites (tertiary alicyclic amines) is 1. The Hall–Kier alpha value is -3.35. The zero-order chi connectivity index (χ0) is 19.9. The van der Waals surface area contributed by atoms with Crippen LogP contribution in [0.1, 0.15) is 25.3 Å². The highest BCUT2D eigenvalue weighted by atomic mass is 16.5. The van der Waals surface area contributed by atoms with Crippen LogP contribution in [0, 0.1) is 0 Å². The Bertz CT molecular complexity index is 830. The van der Waals surface area contributed by atoms with E-state index in [1.165, 1.54) is 4.90 Å². The van der Waals surface area contributed by atoms with Crippen LogP contribution in [0.4, 0.5) is 5.69 Å². The molecule has 28 heavy (non-hydrogen) atoms. The summed E-state index contributed by atoms with van der Waals surface area (Å²) >= 11 is 0. The van der Waals surface area contributed by atoms with Crippen LogP contribution in [0.25, 0.3) is 0 Å². The summed E-state index contributed by atoms with van der Waals surface area (Å²) < 4.78 is 10.8. The average molecular weight is 382 g/mol. The number of rotatable bonds is 8. The first kappa shape index (κ1) is 19.4. The van der Waals surface area contributed by atoms with Crippen LogP contribution in [0.3, 0.4) is 0 Å². The van der Waals surface area contributed by atoms with Crippen molar-refractivity contribution in [1.29, 1.82) is 0 Å². The topological polar surface area (TPSA) is 84.9 Å². The van der Waals surface area contributed by atoms with E-state index in [0.717, 1.165) is 11.3 Å². The minimum atomic E-state index is -0.286. The lowest BCUT2D eigenvalue weighted by atomic mass is 10.2. The maximum absolute atomic E-state index is 12.0. The van der Waals surface area contributed by atoms with Crippen molar-refractivity contribution >= 4 is 23.4 Å². The van der Waals surface area contributed by atoms with Gasteiger partial charge in [-0.1, -0.05) is 12.1 Å². The van der Waals surface area contributed by atoms with Crippen LogP contribution >= 0.6 is 0 Å². The molecule has 1 aliphatic heterocycles. The van der Waals surface area contributed by atoms with Crippen molar-refractivity contribution < 1.29 is 23.9 Å². The van der Waals surface area contributed by atoms with E-state index < -0.39 is 0 Å². The molecule has 2 aromatic carbocycles. The van der Waals surface area contributed by atoms with E-state index in [1.54, 1.807) is 48.5 Å². The van der Waals surface area contributed by atoms with Gasteiger partial charge in [-0.15, -0.1) is 0 Å². The van der Waals surface area contributed by atoms with Gasteiger partial charge >= 0.3 is 0 Å². The smallest absolute Gasteiger partial charge is 0.262 e. The number of ether oxygens (including phenoxy) is 2. The van der Waals surface area contributed by atoms with Crippen molar-refractivity contribution in [3.63, 3.8) is 0 Å². The number of hydrogen-bond acceptors (Lipinski definition) is 5. The van der Waals surface area contributed by atoms with Gasteiger partial charge in [0.1, 0.15) is 11.5 Å². The number of anilines is 1. The molecule has 7 heteroatoms. The molecule has 0 saturated carbocycles. The fraction of sp³-hybridized carbons (Fsp3) is 0.286. The molecule has 0 bridgehead atoms. The third-order valence-corrected chi connectivity index (χ3v) is 4.24. The highest BCUT2D eigenvalue weighted by Crippen LogP contribution is 2.19. The molecule has 3 amide bonds. The average Bonchev–Trinajstić information content (AvgIpc) is 3.01. The van der Waals surface area contributed by atoms with Crippen molar-refractivity contribution in [2.24, 2.45) is 0 Å². The molecule has 3 rings (SSSR count). The third kappa shape index (κ3) is 5.09. The number of hydrogen-bond donors (Lipinski definition) is 1. The molecule has 7 nitrogen and oxygen atoms in total. The van der Waals surface area contributed by atoms with Crippen LogP contribution in [0.2, 0.25) is 0 Å². The molecule has 1 saturated heterocycles. The maximum atomic E-state index is 12.0. The Morgan fingerprint density at radius 2 is 1.50 bits per heavy atom. The van der Waals surface area contributed by atoms with Gasteiger partial charge in [-0.05, 0) is 48.9 Å². The molecule has 1 heterocycles. The Morgan fingerprint density at radius 3 is 2.07 bits per heavy atom. The van der Waals surface area contributed by atoms with Gasteiger partial charge < -0.3 is 14.8 Å². The Kier molecular flexibility index (Phi) is 6.26. The molecule has 0 aliphatic carbocycles. The van der Waals surface area contributed by atoms with Crippen LogP contribution in [0.15, 0.2) is 48.5 Å². The first-order valence-corrected chi connectivity index (χ1v) is 9.13. The minimum absolute atomic E-state index is 0.119. The molecule has 0 unspecified atom stereocenters. The molecule has 1 fully saturated rings. The summed E-state index contributed by atoms with van der Waals surface area (Å²) in [4.78, 5) is 36.6. The van der Waals surface area contributed by atoms with E-state index in [9.17, 15) is 14.4 Å². The molecule has 0 atom stereocenters. The van der Waals surface area contributed by atoms with Crippen LogP contribution in [0.5, 0.6) is 11.5 Å². The Labute approximate surface area is 163 Å². The van der Waals surface area contributed by atoms with Gasteiger partial charge in [0.2, 0.25) is 11.8 Å². The van der Waals surface area contributed by atoms with E-state index >= 15 is 0 Å². The third-order valence-electron chi connectivity index (χ3n) is 4.24. The first-order valence-electron chi connectivity index (χ1n) is 9.13. The van der Waals surface area contributed by atoms with Gasteiger partial charge in [0.25, 0.3) is 5.91 Å². The van der Waals surface area contributed by atoms with Gasteiger partial charge in [-0.3, -0.25) is 19.3 Å². The minimum Gasteiger partial charge on any atom is -0.494 e. The summed E-state index contributed by atoms with van der Waals surface area (Å²) in [5.41, 5.74) is 1.44. The molecular formula is C21H22N2O5. The fourth-order valence-electron chi connectivity index (χ4n) is 2.82. The molecule has 1 aliphatic rings. The van der Waals surface area contributed by atoms with E-state index in [2.05, 4.69) is 5.32 Å². The zero-order valence-electron chi connectivity index (χ0n) is 15.6. The summed E-state index contributed by atoms with van der Waals surface area (Å²) in [6.45, 7) is 2.64. The van der Waals surface area contributed by atoms with Crippen LogP contribution in [-0.4, -0.2) is 35.8 Å². The predicted molar refractivity (Wildman–Crippen MR) is 103 cm³/mol. The van der Waals surface area contributed by atoms with Crippen molar-refractivity contribution in [1.82, 2.24) is 4.90 Å². The number of amides is 3. The summed E-state index contributed by atoms with van der Waals surface area (Å²) in [6, 6.07) is 14.1. The van der Waals surface area contributed by atoms with Crippen molar-refractivity contribution in [3.8, 4) is 11.5 Å². The monoisotopic (exact) mass is 382 g/mol. The SMILES string of the molecule is CCOc1ccc(OCC(=O)Nc2ccc(CN3C(=O)CCC3=O)cc2)cc1. The summed E-state index contributed by atoms with van der Waals surface area (Å²) in [5.74, 6) is 0.750. The highest BCUT2D eigenvalue weighted by Gasteiger charge is 2.28. The largest absolute Gasteiger partial charge is 0.494 e.